The van der Waals surface area contributed by atoms with Crippen LogP contribution in [0.5, 0.6) is 0 Å². The molecule has 0 unspecified atom stereocenters. The monoisotopic (exact) mass is 686 g/mol. The maximum Gasteiger partial charge on any atom is 0.256 e. The molecule has 0 aliphatic heterocycles. The zero-order chi connectivity index (χ0) is 30.3. The van der Waals surface area contributed by atoms with Gasteiger partial charge < -0.3 is 16.4 Å². The third-order valence-electron chi connectivity index (χ3n) is 8.47. The van der Waals surface area contributed by atoms with E-state index in [1.165, 1.54) is 167 Å². The van der Waals surface area contributed by atoms with E-state index in [1.807, 2.05) is 4.90 Å². The summed E-state index contributed by atoms with van der Waals surface area (Å²) in [6.45, 7) is 7.79. The molecule has 4 N–H and O–H groups in total. The first-order valence-corrected chi connectivity index (χ1v) is 18.5. The molecule has 0 spiro atoms. The van der Waals surface area contributed by atoms with Crippen molar-refractivity contribution in [3.63, 3.8) is 0 Å². The Balaban J connectivity index is -0.00000267. The number of rotatable bonds is 32. The van der Waals surface area contributed by atoms with Crippen molar-refractivity contribution in [3.8, 4) is 0 Å². The second kappa shape index (κ2) is 39.2. The summed E-state index contributed by atoms with van der Waals surface area (Å²) in [4.78, 5) is 14.7. The average Bonchev–Trinajstić information content (AvgIpc) is 2.95. The molecule has 268 valence electrons. The van der Waals surface area contributed by atoms with Crippen LogP contribution in [-0.2, 0) is 4.79 Å². The van der Waals surface area contributed by atoms with E-state index in [0.29, 0.717) is 0 Å². The molecular formula is C37H78Cl3N3O. The lowest BCUT2D eigenvalue weighted by Crippen LogP contribution is -2.59. The first-order valence-electron chi connectivity index (χ1n) is 18.5. The zero-order valence-electron chi connectivity index (χ0n) is 29.6. The Bertz CT molecular complexity index is 585. The standard InChI is InChI=1S/C37H75N3O.3ClH/c1-4-6-8-10-12-14-16-18-20-21-23-25-27-29-31-33-35-40(36(41)37(3,38)39)34-32-30-28-26-24-22-19-17-15-13-11-9-7-5-2;;;/h18,20H,4-17,19,21-35,38-39H2,1-3H3;3*1H. The van der Waals surface area contributed by atoms with Crippen molar-refractivity contribution in [1.29, 1.82) is 0 Å². The Morgan fingerprint density at radius 1 is 0.477 bits per heavy atom. The van der Waals surface area contributed by atoms with E-state index >= 15 is 0 Å². The molecule has 7 heteroatoms. The van der Waals surface area contributed by atoms with Crippen LogP contribution in [0, 0.1) is 0 Å². The van der Waals surface area contributed by atoms with Gasteiger partial charge in [0.15, 0.2) is 0 Å². The summed E-state index contributed by atoms with van der Waals surface area (Å²) in [7, 11) is 0. The molecule has 0 aromatic heterocycles. The molecule has 0 bridgehead atoms. The Hall–Kier alpha value is -0.000000000000000111. The fourth-order valence-electron chi connectivity index (χ4n) is 5.70. The number of hydrogen-bond acceptors (Lipinski definition) is 3. The molecule has 0 heterocycles. The van der Waals surface area contributed by atoms with Crippen LogP contribution < -0.4 is 11.5 Å². The van der Waals surface area contributed by atoms with Crippen LogP contribution in [0.1, 0.15) is 201 Å². The molecule has 0 saturated heterocycles. The van der Waals surface area contributed by atoms with E-state index in [1.54, 1.807) is 6.92 Å². The van der Waals surface area contributed by atoms with Gasteiger partial charge >= 0.3 is 0 Å². The van der Waals surface area contributed by atoms with Gasteiger partial charge in [-0.2, -0.15) is 0 Å². The Kier molecular flexibility index (Phi) is 45.3. The maximum absolute atomic E-state index is 12.8. The first kappa shape index (κ1) is 50.8. The minimum Gasteiger partial charge on any atom is -0.340 e. The summed E-state index contributed by atoms with van der Waals surface area (Å²) >= 11 is 0. The summed E-state index contributed by atoms with van der Waals surface area (Å²) in [6.07, 6.45) is 41.8. The molecule has 0 saturated carbocycles. The lowest BCUT2D eigenvalue weighted by molar-refractivity contribution is -0.136. The number of allylic oxidation sites excluding steroid dienone is 2. The highest BCUT2D eigenvalue weighted by Crippen LogP contribution is 2.15. The normalized spacial score (nSPS) is 11.2. The lowest BCUT2D eigenvalue weighted by atomic mass is 10.0. The SMILES string of the molecule is CCCCCCCCC=CCCCCCCCCN(CCCCCCCCCCCCCCCC)C(=O)C(C)(N)N.Cl.Cl.Cl. The van der Waals surface area contributed by atoms with E-state index in [9.17, 15) is 4.79 Å². The number of carbonyl (C=O) groups is 1. The van der Waals surface area contributed by atoms with E-state index < -0.39 is 5.66 Å². The van der Waals surface area contributed by atoms with Crippen molar-refractivity contribution < 1.29 is 4.79 Å². The molecule has 0 aliphatic carbocycles. The van der Waals surface area contributed by atoms with E-state index in [0.717, 1.165) is 25.9 Å². The van der Waals surface area contributed by atoms with Crippen LogP contribution in [0.15, 0.2) is 12.2 Å². The van der Waals surface area contributed by atoms with Gasteiger partial charge in [0.1, 0.15) is 5.66 Å². The number of hydrogen-bond donors (Lipinski definition) is 2. The van der Waals surface area contributed by atoms with Crippen molar-refractivity contribution in [2.75, 3.05) is 13.1 Å². The summed E-state index contributed by atoms with van der Waals surface area (Å²) < 4.78 is 0. The van der Waals surface area contributed by atoms with Gasteiger partial charge in [-0.25, -0.2) is 0 Å². The number of amides is 1. The zero-order valence-corrected chi connectivity index (χ0v) is 32.1. The number of unbranched alkanes of at least 4 members (excludes halogenated alkanes) is 25. The van der Waals surface area contributed by atoms with Crippen LogP contribution in [-0.4, -0.2) is 29.6 Å². The highest BCUT2D eigenvalue weighted by Gasteiger charge is 2.27. The van der Waals surface area contributed by atoms with Gasteiger partial charge in [0.2, 0.25) is 0 Å². The molecule has 0 atom stereocenters. The van der Waals surface area contributed by atoms with Crippen LogP contribution in [0.2, 0.25) is 0 Å². The number of halogens is 3. The minimum absolute atomic E-state index is 0. The second-order valence-corrected chi connectivity index (χ2v) is 13.1. The topological polar surface area (TPSA) is 72.3 Å². The van der Waals surface area contributed by atoms with E-state index in [2.05, 4.69) is 26.0 Å². The van der Waals surface area contributed by atoms with Gasteiger partial charge in [-0.15, -0.1) is 37.2 Å². The number of nitrogens with two attached hydrogens (primary N) is 2. The molecule has 0 rings (SSSR count). The molecule has 0 aromatic carbocycles. The highest BCUT2D eigenvalue weighted by atomic mass is 35.5. The van der Waals surface area contributed by atoms with Gasteiger partial charge in [0, 0.05) is 13.1 Å². The van der Waals surface area contributed by atoms with Crippen molar-refractivity contribution in [3.05, 3.63) is 12.2 Å². The quantitative estimate of drug-likeness (QED) is 0.0420. The molecular weight excluding hydrogens is 609 g/mol. The fraction of sp³-hybridized carbons (Fsp3) is 0.919. The van der Waals surface area contributed by atoms with Gasteiger partial charge in [0.05, 0.1) is 0 Å². The van der Waals surface area contributed by atoms with Crippen LogP contribution in [0.3, 0.4) is 0 Å². The summed E-state index contributed by atoms with van der Waals surface area (Å²) in [6, 6.07) is 0. The summed E-state index contributed by atoms with van der Waals surface area (Å²) in [5.41, 5.74) is 10.7. The highest BCUT2D eigenvalue weighted by molar-refractivity contribution is 5.86. The third-order valence-corrected chi connectivity index (χ3v) is 8.47. The fourth-order valence-corrected chi connectivity index (χ4v) is 5.70. The van der Waals surface area contributed by atoms with Gasteiger partial charge in [-0.1, -0.05) is 167 Å². The Morgan fingerprint density at radius 2 is 0.727 bits per heavy atom. The molecule has 1 amide bonds. The van der Waals surface area contributed by atoms with Crippen LogP contribution >= 0.6 is 37.2 Å². The minimum atomic E-state index is -1.27. The van der Waals surface area contributed by atoms with Gasteiger partial charge in [-0.05, 0) is 45.4 Å². The molecule has 4 nitrogen and oxygen atoms in total. The molecule has 44 heavy (non-hydrogen) atoms. The second-order valence-electron chi connectivity index (χ2n) is 13.1. The Labute approximate surface area is 294 Å². The van der Waals surface area contributed by atoms with Gasteiger partial charge in [-0.3, -0.25) is 4.79 Å². The maximum atomic E-state index is 12.8. The van der Waals surface area contributed by atoms with E-state index in [-0.39, 0.29) is 43.1 Å². The smallest absolute Gasteiger partial charge is 0.256 e. The number of nitrogens with zero attached hydrogens (tertiary/aromatic N) is 1. The first-order chi connectivity index (χ1) is 19.9. The van der Waals surface area contributed by atoms with Crippen molar-refractivity contribution in [2.45, 2.75) is 206 Å². The predicted octanol–water partition coefficient (Wildman–Crippen LogP) is 12.2. The Morgan fingerprint density at radius 3 is 1.00 bits per heavy atom. The molecule has 0 fully saturated rings. The lowest BCUT2D eigenvalue weighted by Gasteiger charge is -2.29. The number of carbonyl (C=O) groups excluding carboxylic acids is 1. The predicted molar refractivity (Wildman–Crippen MR) is 205 cm³/mol. The van der Waals surface area contributed by atoms with Crippen molar-refractivity contribution in [2.24, 2.45) is 11.5 Å². The molecule has 0 aromatic rings. The third kappa shape index (κ3) is 36.5. The van der Waals surface area contributed by atoms with Crippen molar-refractivity contribution in [1.82, 2.24) is 4.90 Å². The summed E-state index contributed by atoms with van der Waals surface area (Å²) in [5.74, 6) is -0.0973. The van der Waals surface area contributed by atoms with Crippen LogP contribution in [0.4, 0.5) is 0 Å². The molecule has 0 aliphatic rings. The van der Waals surface area contributed by atoms with Gasteiger partial charge in [0.25, 0.3) is 5.91 Å². The summed E-state index contributed by atoms with van der Waals surface area (Å²) in [5, 5.41) is 0. The largest absolute Gasteiger partial charge is 0.340 e. The average molecular weight is 687 g/mol. The van der Waals surface area contributed by atoms with Crippen LogP contribution in [0.25, 0.3) is 0 Å². The van der Waals surface area contributed by atoms with E-state index in [4.69, 9.17) is 11.5 Å². The van der Waals surface area contributed by atoms with Crippen molar-refractivity contribution >= 4 is 43.1 Å². The molecule has 0 radical (unpaired) electrons.